The van der Waals surface area contributed by atoms with Crippen LogP contribution in [0.15, 0.2) is 42.5 Å². The van der Waals surface area contributed by atoms with E-state index in [-0.39, 0.29) is 5.69 Å². The number of anilines is 2. The maximum Gasteiger partial charge on any atom is 0.418 e. The van der Waals surface area contributed by atoms with Crippen molar-refractivity contribution in [2.75, 3.05) is 23.8 Å². The van der Waals surface area contributed by atoms with Gasteiger partial charge in [0.15, 0.2) is 11.5 Å². The lowest BCUT2D eigenvalue weighted by Gasteiger charge is -2.14. The molecule has 2 rings (SSSR count). The van der Waals surface area contributed by atoms with Crippen LogP contribution in [0.2, 0.25) is 0 Å². The van der Waals surface area contributed by atoms with E-state index in [1.165, 1.54) is 24.3 Å². The molecule has 2 amide bonds. The highest BCUT2D eigenvalue weighted by atomic mass is 19.4. The minimum atomic E-state index is -4.66. The maximum absolute atomic E-state index is 13.0. The summed E-state index contributed by atoms with van der Waals surface area (Å²) in [4.78, 5) is 24.1. The number of amides is 2. The van der Waals surface area contributed by atoms with E-state index in [0.29, 0.717) is 24.7 Å². The van der Waals surface area contributed by atoms with Crippen LogP contribution < -0.4 is 20.1 Å². The molecule has 150 valence electrons. The third kappa shape index (κ3) is 5.38. The zero-order valence-electron chi connectivity index (χ0n) is 15.2. The van der Waals surface area contributed by atoms with Gasteiger partial charge >= 0.3 is 18.0 Å². The summed E-state index contributed by atoms with van der Waals surface area (Å²) in [6.45, 7) is 4.33. The van der Waals surface area contributed by atoms with E-state index in [0.717, 1.165) is 12.1 Å². The van der Waals surface area contributed by atoms with Gasteiger partial charge in [-0.05, 0) is 38.1 Å². The molecule has 0 saturated carbocycles. The molecule has 0 fully saturated rings. The molecule has 0 heterocycles. The predicted octanol–water partition coefficient (Wildman–Crippen LogP) is 4.08. The van der Waals surface area contributed by atoms with Crippen LogP contribution >= 0.6 is 0 Å². The molecule has 0 bridgehead atoms. The summed E-state index contributed by atoms with van der Waals surface area (Å²) >= 11 is 0. The van der Waals surface area contributed by atoms with Gasteiger partial charge in [-0.3, -0.25) is 9.59 Å². The highest BCUT2D eigenvalue weighted by molar-refractivity contribution is 6.43. The Balaban J connectivity index is 2.13. The molecule has 0 radical (unpaired) electrons. The Morgan fingerprint density at radius 3 is 2.14 bits per heavy atom. The van der Waals surface area contributed by atoms with Gasteiger partial charge in [-0.1, -0.05) is 12.1 Å². The van der Waals surface area contributed by atoms with E-state index in [1.54, 1.807) is 19.9 Å². The summed E-state index contributed by atoms with van der Waals surface area (Å²) in [6, 6.07) is 8.90. The lowest BCUT2D eigenvalue weighted by atomic mass is 10.1. The Labute approximate surface area is 159 Å². The average Bonchev–Trinajstić information content (AvgIpc) is 2.63. The second-order valence-corrected chi connectivity index (χ2v) is 5.48. The molecule has 2 aromatic rings. The summed E-state index contributed by atoms with van der Waals surface area (Å²) in [5.74, 6) is -1.52. The Kier molecular flexibility index (Phi) is 6.86. The van der Waals surface area contributed by atoms with Crippen molar-refractivity contribution in [2.45, 2.75) is 20.0 Å². The highest BCUT2D eigenvalue weighted by Crippen LogP contribution is 2.34. The van der Waals surface area contributed by atoms with Crippen molar-refractivity contribution >= 4 is 23.2 Å². The molecule has 0 saturated heterocycles. The fraction of sp³-hybridized carbons (Fsp3) is 0.263. The molecule has 0 aliphatic carbocycles. The molecule has 0 atom stereocenters. The summed E-state index contributed by atoms with van der Waals surface area (Å²) in [5, 5.41) is 4.30. The zero-order valence-corrected chi connectivity index (χ0v) is 15.2. The van der Waals surface area contributed by atoms with Gasteiger partial charge in [0.25, 0.3) is 0 Å². The first-order chi connectivity index (χ1) is 13.3. The van der Waals surface area contributed by atoms with E-state index in [1.807, 2.05) is 5.32 Å². The van der Waals surface area contributed by atoms with Crippen molar-refractivity contribution in [3.8, 4) is 11.5 Å². The van der Waals surface area contributed by atoms with Gasteiger partial charge < -0.3 is 20.1 Å². The van der Waals surface area contributed by atoms with E-state index >= 15 is 0 Å². The number of carbonyl (C=O) groups is 2. The number of ether oxygens (including phenoxy) is 2. The average molecular weight is 396 g/mol. The van der Waals surface area contributed by atoms with Gasteiger partial charge in [0.2, 0.25) is 0 Å². The van der Waals surface area contributed by atoms with Crippen LogP contribution in [0.3, 0.4) is 0 Å². The molecular weight excluding hydrogens is 377 g/mol. The SMILES string of the molecule is CCOc1ccc(NC(=O)C(=O)Nc2ccccc2C(F)(F)F)cc1OCC. The first-order valence-electron chi connectivity index (χ1n) is 8.44. The number of benzene rings is 2. The van der Waals surface area contributed by atoms with Crippen LogP contribution in [0, 0.1) is 0 Å². The van der Waals surface area contributed by atoms with Crippen molar-refractivity contribution in [1.29, 1.82) is 0 Å². The monoisotopic (exact) mass is 396 g/mol. The lowest BCUT2D eigenvalue weighted by Crippen LogP contribution is -2.30. The molecule has 0 aliphatic rings. The van der Waals surface area contributed by atoms with Crippen LogP contribution in [-0.4, -0.2) is 25.0 Å². The molecule has 0 unspecified atom stereocenters. The van der Waals surface area contributed by atoms with Gasteiger partial charge in [-0.15, -0.1) is 0 Å². The Morgan fingerprint density at radius 2 is 1.50 bits per heavy atom. The van der Waals surface area contributed by atoms with Gasteiger partial charge in [0.1, 0.15) is 0 Å². The zero-order chi connectivity index (χ0) is 20.7. The van der Waals surface area contributed by atoms with E-state index < -0.39 is 29.2 Å². The van der Waals surface area contributed by atoms with Gasteiger partial charge in [-0.25, -0.2) is 0 Å². The van der Waals surface area contributed by atoms with Crippen molar-refractivity contribution in [1.82, 2.24) is 0 Å². The quantitative estimate of drug-likeness (QED) is 0.722. The molecule has 6 nitrogen and oxygen atoms in total. The number of carbonyl (C=O) groups excluding carboxylic acids is 2. The van der Waals surface area contributed by atoms with E-state index in [2.05, 4.69) is 5.32 Å². The summed E-state index contributed by atoms with van der Waals surface area (Å²) < 4.78 is 49.8. The molecule has 0 aliphatic heterocycles. The first-order valence-corrected chi connectivity index (χ1v) is 8.44. The maximum atomic E-state index is 13.0. The van der Waals surface area contributed by atoms with Gasteiger partial charge in [-0.2, -0.15) is 13.2 Å². The lowest BCUT2D eigenvalue weighted by molar-refractivity contribution is -0.137. The number of para-hydroxylation sites is 1. The fourth-order valence-corrected chi connectivity index (χ4v) is 2.34. The third-order valence-corrected chi connectivity index (χ3v) is 3.49. The van der Waals surface area contributed by atoms with Crippen LogP contribution in [0.4, 0.5) is 24.5 Å². The van der Waals surface area contributed by atoms with Crippen molar-refractivity contribution in [3.63, 3.8) is 0 Å². The Bertz CT molecular complexity index is 853. The van der Waals surface area contributed by atoms with Crippen molar-refractivity contribution in [3.05, 3.63) is 48.0 Å². The molecule has 9 heteroatoms. The first kappa shape index (κ1) is 21.1. The third-order valence-electron chi connectivity index (χ3n) is 3.49. The largest absolute Gasteiger partial charge is 0.490 e. The summed E-state index contributed by atoms with van der Waals surface area (Å²) in [5.41, 5.74) is -1.32. The summed E-state index contributed by atoms with van der Waals surface area (Å²) in [6.07, 6.45) is -4.66. The van der Waals surface area contributed by atoms with Crippen LogP contribution in [0.1, 0.15) is 19.4 Å². The standard InChI is InChI=1S/C19H19F3N2O4/c1-3-27-15-10-9-12(11-16(15)28-4-2)23-17(25)18(26)24-14-8-6-5-7-13(14)19(20,21)22/h5-11H,3-4H2,1-2H3,(H,23,25)(H,24,26). The highest BCUT2D eigenvalue weighted by Gasteiger charge is 2.34. The topological polar surface area (TPSA) is 76.7 Å². The number of nitrogens with one attached hydrogen (secondary N) is 2. The van der Waals surface area contributed by atoms with Crippen molar-refractivity contribution < 1.29 is 32.2 Å². The fourth-order valence-electron chi connectivity index (χ4n) is 2.34. The van der Waals surface area contributed by atoms with Gasteiger partial charge in [0.05, 0.1) is 24.5 Å². The second kappa shape index (κ2) is 9.12. The second-order valence-electron chi connectivity index (χ2n) is 5.48. The van der Waals surface area contributed by atoms with E-state index in [9.17, 15) is 22.8 Å². The van der Waals surface area contributed by atoms with Crippen molar-refractivity contribution in [2.24, 2.45) is 0 Å². The molecule has 28 heavy (non-hydrogen) atoms. The van der Waals surface area contributed by atoms with Gasteiger partial charge in [0, 0.05) is 11.8 Å². The predicted molar refractivity (Wildman–Crippen MR) is 97.5 cm³/mol. The number of rotatable bonds is 6. The van der Waals surface area contributed by atoms with Crippen LogP contribution in [-0.2, 0) is 15.8 Å². The number of halogens is 3. The smallest absolute Gasteiger partial charge is 0.418 e. The molecule has 0 spiro atoms. The molecule has 2 N–H and O–H groups in total. The number of hydrogen-bond acceptors (Lipinski definition) is 4. The van der Waals surface area contributed by atoms with Crippen LogP contribution in [0.25, 0.3) is 0 Å². The summed E-state index contributed by atoms with van der Waals surface area (Å²) in [7, 11) is 0. The minimum Gasteiger partial charge on any atom is -0.490 e. The Hall–Kier alpha value is -3.23. The normalized spacial score (nSPS) is 10.9. The number of alkyl halides is 3. The Morgan fingerprint density at radius 1 is 0.893 bits per heavy atom. The molecule has 2 aromatic carbocycles. The molecular formula is C19H19F3N2O4. The number of hydrogen-bond donors (Lipinski definition) is 2. The van der Waals surface area contributed by atoms with E-state index in [4.69, 9.17) is 9.47 Å². The molecule has 0 aromatic heterocycles. The minimum absolute atomic E-state index is 0.233. The van der Waals surface area contributed by atoms with Crippen LogP contribution in [0.5, 0.6) is 11.5 Å².